The Morgan fingerprint density at radius 1 is 0.800 bits per heavy atom. The molecule has 0 aliphatic rings. The molecule has 0 heterocycles. The summed E-state index contributed by atoms with van der Waals surface area (Å²) in [5, 5.41) is 0. The summed E-state index contributed by atoms with van der Waals surface area (Å²) in [6, 6.07) is 0. The predicted molar refractivity (Wildman–Crippen MR) is 38.5 cm³/mol. The largest absolute Gasteiger partial charge is 0.316 e. The second-order valence-electron chi connectivity index (χ2n) is 0. The standard InChI is InChI=1S/Al.Ga.Mg.2H3N.8H/h;;;2*1H3;;;;;;;;. The van der Waals surface area contributed by atoms with E-state index in [1.165, 1.54) is 0 Å². The maximum atomic E-state index is 0. The van der Waals surface area contributed by atoms with Gasteiger partial charge in [0.15, 0.2) is 17.4 Å². The minimum atomic E-state index is 0. The van der Waals surface area contributed by atoms with Gasteiger partial charge < -0.3 is 12.3 Å². The first-order valence-electron chi connectivity index (χ1n) is 0. The third-order valence-corrected chi connectivity index (χ3v) is 0. The van der Waals surface area contributed by atoms with Crippen LogP contribution < -0.4 is 12.3 Å². The van der Waals surface area contributed by atoms with Crippen molar-refractivity contribution in [2.45, 2.75) is 0 Å². The van der Waals surface area contributed by atoms with Crippen molar-refractivity contribution in [2.75, 3.05) is 0 Å². The zero-order valence-electron chi connectivity index (χ0n) is 1.41. The van der Waals surface area contributed by atoms with Gasteiger partial charge in [0.25, 0.3) is 0 Å². The smallest absolute Gasteiger partial charge is 0.316 e. The van der Waals surface area contributed by atoms with Crippen LogP contribution in [0.4, 0.5) is 0 Å². The van der Waals surface area contributed by atoms with Gasteiger partial charge >= 0.3 is 42.8 Å². The zero-order chi connectivity index (χ0) is 0. The van der Waals surface area contributed by atoms with Crippen LogP contribution in [0.5, 0.6) is 0 Å². The van der Waals surface area contributed by atoms with Crippen molar-refractivity contribution in [1.82, 2.24) is 12.3 Å². The van der Waals surface area contributed by atoms with E-state index in [4.69, 9.17) is 0 Å². The first-order valence-corrected chi connectivity index (χ1v) is 0. The Bertz CT molecular complexity index is 9.61. The van der Waals surface area contributed by atoms with Crippen LogP contribution in [-0.4, -0.2) is 60.2 Å². The van der Waals surface area contributed by atoms with Gasteiger partial charge in [-0.05, 0) is 0 Å². The van der Waals surface area contributed by atoms with Crippen molar-refractivity contribution in [3.8, 4) is 0 Å². The molecule has 0 aromatic carbocycles. The van der Waals surface area contributed by atoms with Crippen LogP contribution in [0, 0.1) is 0 Å². The second kappa shape index (κ2) is 40.1. The summed E-state index contributed by atoms with van der Waals surface area (Å²) >= 11 is 0. The molecule has 0 saturated heterocycles. The molecule has 0 fully saturated rings. The third-order valence-electron chi connectivity index (χ3n) is 0. The molecule has 5 heavy (non-hydrogen) atoms. The Hall–Kier alpha value is 1.86. The van der Waals surface area contributed by atoms with Crippen molar-refractivity contribution in [3.05, 3.63) is 0 Å². The molecule has 0 aliphatic carbocycles. The minimum absolute atomic E-state index is 0. The summed E-state index contributed by atoms with van der Waals surface area (Å²) < 4.78 is 0. The van der Waals surface area contributed by atoms with Gasteiger partial charge in [-0.25, -0.2) is 0 Å². The van der Waals surface area contributed by atoms with Gasteiger partial charge in [0.2, 0.25) is 0 Å². The molecule has 32 valence electrons. The first kappa shape index (κ1) is 68.3. The fraction of sp³-hybridized carbons (Fsp3) is 0. The van der Waals surface area contributed by atoms with Crippen molar-refractivity contribution in [3.63, 3.8) is 0 Å². The molecule has 6 N–H and O–H groups in total. The van der Waals surface area contributed by atoms with E-state index >= 15 is 0 Å². The maximum Gasteiger partial charge on any atom is 0.316 e. The molecule has 0 rings (SSSR count). The van der Waals surface area contributed by atoms with Crippen molar-refractivity contribution in [2.24, 2.45) is 0 Å². The minimum Gasteiger partial charge on any atom is 0.316 e. The van der Waals surface area contributed by atoms with Gasteiger partial charge in [-0.3, -0.25) is 0 Å². The van der Waals surface area contributed by atoms with Crippen LogP contribution in [0.2, 0.25) is 0 Å². The number of rotatable bonds is 0. The molecule has 0 saturated carbocycles. The summed E-state index contributed by atoms with van der Waals surface area (Å²) in [6.45, 7) is 0. The SMILES string of the molecule is N.N.[AlH3].[GaH3].[MgH2]. The molecule has 0 aliphatic heterocycles. The van der Waals surface area contributed by atoms with Crippen LogP contribution in [0.3, 0.4) is 0 Å². The molecule has 5 heteroatoms. The average Bonchev–Trinajstić information content (AvgIpc) is 0. The molecule has 0 amide bonds. The van der Waals surface area contributed by atoms with Gasteiger partial charge in [-0.15, -0.1) is 0 Å². The monoisotopic (exact) mass is 162 g/mol. The van der Waals surface area contributed by atoms with Gasteiger partial charge in [0.05, 0.1) is 0 Å². The molecule has 0 aromatic rings. The Balaban J connectivity index is 0. The second-order valence-corrected chi connectivity index (χ2v) is 0. The summed E-state index contributed by atoms with van der Waals surface area (Å²) in [4.78, 5) is 0. The van der Waals surface area contributed by atoms with E-state index in [0.29, 0.717) is 0 Å². The third kappa shape index (κ3) is 25.3. The Morgan fingerprint density at radius 2 is 0.800 bits per heavy atom. The van der Waals surface area contributed by atoms with Crippen LogP contribution in [0.1, 0.15) is 0 Å². The van der Waals surface area contributed by atoms with Crippen molar-refractivity contribution in [1.29, 1.82) is 0 Å². The molecule has 0 bridgehead atoms. The first-order chi connectivity index (χ1) is 0. The molecular formula is H14AlGaMgN2. The molecule has 2 nitrogen and oxygen atoms in total. The van der Waals surface area contributed by atoms with E-state index in [-0.39, 0.29) is 72.5 Å². The Morgan fingerprint density at radius 3 is 0.800 bits per heavy atom. The van der Waals surface area contributed by atoms with E-state index in [0.717, 1.165) is 0 Å². The molecule has 0 unspecified atom stereocenters. The predicted octanol–water partition coefficient (Wildman–Crippen LogP) is -2.96. The Labute approximate surface area is 72.0 Å². The number of hydrogen-bond donors (Lipinski definition) is 2. The van der Waals surface area contributed by atoms with E-state index in [9.17, 15) is 0 Å². The van der Waals surface area contributed by atoms with Crippen LogP contribution in [0.15, 0.2) is 0 Å². The normalized spacial score (nSPS) is 0. The molecule has 0 atom stereocenters. The summed E-state index contributed by atoms with van der Waals surface area (Å²) in [5.74, 6) is 0. The topological polar surface area (TPSA) is 70.0 Å². The quantitative estimate of drug-likeness (QED) is 0.374. The Kier molecular flexibility index (Phi) is 548. The fourth-order valence-corrected chi connectivity index (χ4v) is 0. The van der Waals surface area contributed by atoms with E-state index in [1.54, 1.807) is 0 Å². The van der Waals surface area contributed by atoms with Gasteiger partial charge in [0, 0.05) is 0 Å². The summed E-state index contributed by atoms with van der Waals surface area (Å²) in [5.41, 5.74) is 0. The molecule has 0 radical (unpaired) electrons. The van der Waals surface area contributed by atoms with Crippen LogP contribution in [-0.2, 0) is 0 Å². The van der Waals surface area contributed by atoms with Crippen LogP contribution in [0.25, 0.3) is 0 Å². The van der Waals surface area contributed by atoms with E-state index in [1.807, 2.05) is 0 Å². The van der Waals surface area contributed by atoms with Crippen molar-refractivity contribution < 1.29 is 0 Å². The summed E-state index contributed by atoms with van der Waals surface area (Å²) in [7, 11) is 0. The fourth-order valence-electron chi connectivity index (χ4n) is 0. The maximum absolute atomic E-state index is 0. The molecule has 0 spiro atoms. The number of hydrogen-bond acceptors (Lipinski definition) is 2. The van der Waals surface area contributed by atoms with Crippen molar-refractivity contribution >= 4 is 60.2 Å². The zero-order valence-corrected chi connectivity index (χ0v) is 1.41. The van der Waals surface area contributed by atoms with Gasteiger partial charge in [-0.2, -0.15) is 0 Å². The average molecular weight is 163 g/mol. The van der Waals surface area contributed by atoms with E-state index in [2.05, 4.69) is 0 Å². The van der Waals surface area contributed by atoms with E-state index < -0.39 is 0 Å². The summed E-state index contributed by atoms with van der Waals surface area (Å²) in [6.07, 6.45) is 0. The molecular weight excluding hydrogens is 149 g/mol. The van der Waals surface area contributed by atoms with Gasteiger partial charge in [-0.1, -0.05) is 0 Å². The van der Waals surface area contributed by atoms with Gasteiger partial charge in [0.1, 0.15) is 0 Å². The van der Waals surface area contributed by atoms with Crippen LogP contribution >= 0.6 is 0 Å². The molecule has 0 aromatic heterocycles.